The highest BCUT2D eigenvalue weighted by molar-refractivity contribution is 14.1. The number of rotatable bonds is 2. The molecule has 3 nitrogen and oxygen atoms in total. The number of hydrogen-bond acceptors (Lipinski definition) is 2. The molecule has 3 rings (SSSR count). The summed E-state index contributed by atoms with van der Waals surface area (Å²) in [5.41, 5.74) is 3.41. The number of imidazole rings is 1. The molecule has 0 spiro atoms. The molecular weight excluding hydrogens is 327 g/mol. The van der Waals surface area contributed by atoms with Crippen molar-refractivity contribution in [2.24, 2.45) is 0 Å². The van der Waals surface area contributed by atoms with Crippen LogP contribution in [-0.2, 0) is 6.42 Å². The van der Waals surface area contributed by atoms with E-state index in [-0.39, 0.29) is 0 Å². The van der Waals surface area contributed by atoms with Crippen molar-refractivity contribution in [2.45, 2.75) is 6.42 Å². The maximum Gasteiger partial charge on any atom is 0.119 e. The Morgan fingerprint density at radius 3 is 3.06 bits per heavy atom. The second kappa shape index (κ2) is 3.87. The van der Waals surface area contributed by atoms with Crippen LogP contribution in [0.15, 0.2) is 31.0 Å². The Morgan fingerprint density at radius 2 is 2.35 bits per heavy atom. The topological polar surface area (TPSA) is 27.1 Å². The molecule has 0 aliphatic carbocycles. The Balaban J connectivity index is 2.10. The van der Waals surface area contributed by atoms with Crippen LogP contribution in [-0.4, -0.2) is 16.7 Å². The van der Waals surface area contributed by atoms with E-state index in [0.29, 0.717) is 0 Å². The lowest BCUT2D eigenvalue weighted by Crippen LogP contribution is -1.90. The van der Waals surface area contributed by atoms with Crippen molar-refractivity contribution >= 4 is 26.2 Å². The summed E-state index contributed by atoms with van der Waals surface area (Å²) in [5.74, 6) is 1.97. The minimum absolute atomic E-state index is 0.858. The van der Waals surface area contributed by atoms with E-state index in [1.165, 1.54) is 11.3 Å². The maximum atomic E-state index is 5.23. The third kappa shape index (κ3) is 1.67. The normalized spacial score (nSPS) is 12.1. The monoisotopic (exact) mass is 338 g/mol. The number of nitrogens with zero attached hydrogens (tertiary/aromatic N) is 2. The fourth-order valence-electron chi connectivity index (χ4n) is 2.12. The number of ether oxygens (including phenoxy) is 1. The van der Waals surface area contributed by atoms with Crippen LogP contribution in [0.3, 0.4) is 0 Å². The fraction of sp³-hybridized carbons (Fsp3) is 0.154. The van der Waals surface area contributed by atoms with E-state index < -0.39 is 0 Å². The van der Waals surface area contributed by atoms with Crippen LogP contribution in [0.5, 0.6) is 5.75 Å². The summed E-state index contributed by atoms with van der Waals surface area (Å²) >= 11 is 2.20. The molecule has 0 atom stereocenters. The zero-order valence-electron chi connectivity index (χ0n) is 9.40. The predicted molar refractivity (Wildman–Crippen MR) is 76.0 cm³/mol. The summed E-state index contributed by atoms with van der Waals surface area (Å²) in [6, 6.07) is 6.13. The quantitative estimate of drug-likeness (QED) is 0.671. The molecule has 0 amide bonds. The van der Waals surface area contributed by atoms with Crippen molar-refractivity contribution < 1.29 is 4.74 Å². The van der Waals surface area contributed by atoms with E-state index >= 15 is 0 Å². The van der Waals surface area contributed by atoms with Crippen molar-refractivity contribution in [1.29, 1.82) is 0 Å². The zero-order valence-corrected chi connectivity index (χ0v) is 11.6. The standard InChI is InChI=1S/C13H11IN2O/c1-8(14)11-7-16-12-4-3-10(17-2)5-9(12)6-13(16)15-11/h3-5,7H,1,6H2,2H3. The number of fused-ring (bicyclic) bond motifs is 3. The maximum absolute atomic E-state index is 5.23. The third-order valence-corrected chi connectivity index (χ3v) is 3.50. The lowest BCUT2D eigenvalue weighted by atomic mass is 10.1. The van der Waals surface area contributed by atoms with Crippen LogP contribution in [0.4, 0.5) is 0 Å². The first-order chi connectivity index (χ1) is 8.19. The minimum Gasteiger partial charge on any atom is -0.497 e. The Hall–Kier alpha value is -1.30. The number of halogens is 1. The molecule has 17 heavy (non-hydrogen) atoms. The van der Waals surface area contributed by atoms with Crippen LogP contribution in [0, 0.1) is 0 Å². The van der Waals surface area contributed by atoms with Gasteiger partial charge in [0.1, 0.15) is 11.6 Å². The van der Waals surface area contributed by atoms with E-state index in [0.717, 1.165) is 27.3 Å². The zero-order chi connectivity index (χ0) is 12.0. The number of hydrogen-bond donors (Lipinski definition) is 0. The first kappa shape index (κ1) is 10.8. The molecule has 1 aromatic carbocycles. The van der Waals surface area contributed by atoms with Gasteiger partial charge < -0.3 is 9.30 Å². The first-order valence-corrected chi connectivity index (χ1v) is 6.37. The van der Waals surface area contributed by atoms with Gasteiger partial charge >= 0.3 is 0 Å². The van der Waals surface area contributed by atoms with Gasteiger partial charge in [-0.25, -0.2) is 4.98 Å². The van der Waals surface area contributed by atoms with Crippen molar-refractivity contribution in [3.63, 3.8) is 0 Å². The molecule has 2 aromatic rings. The summed E-state index contributed by atoms with van der Waals surface area (Å²) < 4.78 is 8.34. The molecule has 2 heterocycles. The Bertz CT molecular complexity index is 616. The van der Waals surface area contributed by atoms with Gasteiger partial charge in [-0.2, -0.15) is 0 Å². The van der Waals surface area contributed by atoms with Gasteiger partial charge in [0.15, 0.2) is 0 Å². The largest absolute Gasteiger partial charge is 0.497 e. The highest BCUT2D eigenvalue weighted by Crippen LogP contribution is 2.32. The first-order valence-electron chi connectivity index (χ1n) is 5.29. The van der Waals surface area contributed by atoms with Gasteiger partial charge in [0, 0.05) is 16.2 Å². The highest BCUT2D eigenvalue weighted by atomic mass is 127. The van der Waals surface area contributed by atoms with Gasteiger partial charge in [-0.05, 0) is 46.4 Å². The predicted octanol–water partition coefficient (Wildman–Crippen LogP) is 3.19. The molecule has 0 saturated carbocycles. The molecule has 86 valence electrons. The SMILES string of the molecule is C=C(I)c1cn2c(n1)Cc1cc(OC)ccc1-2. The molecule has 0 fully saturated rings. The Morgan fingerprint density at radius 1 is 1.53 bits per heavy atom. The van der Waals surface area contributed by atoms with Crippen LogP contribution < -0.4 is 4.74 Å². The average Bonchev–Trinajstić information content (AvgIpc) is 2.84. The third-order valence-electron chi connectivity index (χ3n) is 2.95. The van der Waals surface area contributed by atoms with Crippen molar-refractivity contribution in [3.8, 4) is 11.4 Å². The number of benzene rings is 1. The fourth-order valence-corrected chi connectivity index (χ4v) is 2.38. The number of methoxy groups -OCH3 is 1. The van der Waals surface area contributed by atoms with E-state index in [1.54, 1.807) is 7.11 Å². The van der Waals surface area contributed by atoms with Crippen molar-refractivity contribution in [2.75, 3.05) is 7.11 Å². The molecule has 1 aromatic heterocycles. The number of aromatic nitrogens is 2. The molecule has 4 heteroatoms. The van der Waals surface area contributed by atoms with Gasteiger partial charge in [-0.15, -0.1) is 0 Å². The smallest absolute Gasteiger partial charge is 0.119 e. The van der Waals surface area contributed by atoms with Gasteiger partial charge in [-0.1, -0.05) is 6.58 Å². The summed E-state index contributed by atoms with van der Waals surface area (Å²) in [5, 5.41) is 0. The molecule has 1 aliphatic heterocycles. The van der Waals surface area contributed by atoms with Gasteiger partial charge in [0.05, 0.1) is 18.5 Å². The molecule has 0 N–H and O–H groups in total. The minimum atomic E-state index is 0.858. The second-order valence-electron chi connectivity index (χ2n) is 3.99. The van der Waals surface area contributed by atoms with Crippen molar-refractivity contribution in [3.05, 3.63) is 48.1 Å². The van der Waals surface area contributed by atoms with Gasteiger partial charge in [0.2, 0.25) is 0 Å². The highest BCUT2D eigenvalue weighted by Gasteiger charge is 2.21. The molecule has 1 aliphatic rings. The molecule has 0 unspecified atom stereocenters. The van der Waals surface area contributed by atoms with E-state index in [1.807, 2.05) is 12.3 Å². The summed E-state index contributed by atoms with van der Waals surface area (Å²) in [7, 11) is 1.69. The second-order valence-corrected chi connectivity index (χ2v) is 5.29. The van der Waals surface area contributed by atoms with Gasteiger partial charge in [-0.3, -0.25) is 0 Å². The van der Waals surface area contributed by atoms with Crippen molar-refractivity contribution in [1.82, 2.24) is 9.55 Å². The van der Waals surface area contributed by atoms with Crippen LogP contribution >= 0.6 is 22.6 Å². The summed E-state index contributed by atoms with van der Waals surface area (Å²) in [4.78, 5) is 4.58. The molecule has 0 radical (unpaired) electrons. The molecule has 0 bridgehead atoms. The summed E-state index contributed by atoms with van der Waals surface area (Å²) in [6.07, 6.45) is 2.90. The Kier molecular flexibility index (Phi) is 2.47. The average molecular weight is 338 g/mol. The lowest BCUT2D eigenvalue weighted by Gasteiger charge is -2.04. The lowest BCUT2D eigenvalue weighted by molar-refractivity contribution is 0.414. The van der Waals surface area contributed by atoms with Crippen LogP contribution in [0.1, 0.15) is 17.1 Å². The van der Waals surface area contributed by atoms with Crippen LogP contribution in [0.25, 0.3) is 9.27 Å². The van der Waals surface area contributed by atoms with E-state index in [2.05, 4.69) is 50.9 Å². The van der Waals surface area contributed by atoms with E-state index in [4.69, 9.17) is 4.74 Å². The Labute approximate surface area is 113 Å². The molecule has 0 saturated heterocycles. The molecular formula is C13H11IN2O. The summed E-state index contributed by atoms with van der Waals surface area (Å²) in [6.45, 7) is 3.91. The van der Waals surface area contributed by atoms with E-state index in [9.17, 15) is 0 Å². The van der Waals surface area contributed by atoms with Gasteiger partial charge in [0.25, 0.3) is 0 Å². The van der Waals surface area contributed by atoms with Crippen LogP contribution in [0.2, 0.25) is 0 Å².